The molecule has 4 heteroatoms. The van der Waals surface area contributed by atoms with Crippen LogP contribution in [0.3, 0.4) is 0 Å². The van der Waals surface area contributed by atoms with Gasteiger partial charge in [0.15, 0.2) is 0 Å². The van der Waals surface area contributed by atoms with Crippen molar-refractivity contribution in [3.63, 3.8) is 0 Å². The number of imidazole rings is 1. The number of hydrogen-bond donors (Lipinski definition) is 1. The molecule has 1 N–H and O–H groups in total. The van der Waals surface area contributed by atoms with Crippen molar-refractivity contribution in [3.8, 4) is 17.1 Å². The predicted molar refractivity (Wildman–Crippen MR) is 82.3 cm³/mol. The average Bonchev–Trinajstić information content (AvgIpc) is 2.84. The fraction of sp³-hybridized carbons (Fsp3) is 0.188. The number of ether oxygens (including phenoxy) is 1. The van der Waals surface area contributed by atoms with E-state index in [1.54, 1.807) is 0 Å². The van der Waals surface area contributed by atoms with Gasteiger partial charge in [-0.15, -0.1) is 0 Å². The summed E-state index contributed by atoms with van der Waals surface area (Å²) in [5.74, 6) is 1.63. The molecule has 0 bridgehead atoms. The first-order valence-corrected chi connectivity index (χ1v) is 6.92. The quantitative estimate of drug-likeness (QED) is 0.760. The van der Waals surface area contributed by atoms with Crippen LogP contribution in [0, 0.1) is 0 Å². The number of rotatable bonds is 3. The van der Waals surface area contributed by atoms with Gasteiger partial charge in [0, 0.05) is 5.56 Å². The third kappa shape index (κ3) is 2.49. The summed E-state index contributed by atoms with van der Waals surface area (Å²) >= 11 is 6.15. The molecule has 1 aromatic heterocycles. The summed E-state index contributed by atoms with van der Waals surface area (Å²) in [7, 11) is 0. The summed E-state index contributed by atoms with van der Waals surface area (Å²) in [4.78, 5) is 7.84. The Morgan fingerprint density at radius 1 is 1.15 bits per heavy atom. The fourth-order valence-corrected chi connectivity index (χ4v) is 2.34. The van der Waals surface area contributed by atoms with Crippen LogP contribution >= 0.6 is 11.6 Å². The van der Waals surface area contributed by atoms with Crippen molar-refractivity contribution < 1.29 is 4.74 Å². The van der Waals surface area contributed by atoms with Crippen LogP contribution in [0.15, 0.2) is 42.5 Å². The maximum absolute atomic E-state index is 6.15. The Hall–Kier alpha value is -2.00. The van der Waals surface area contributed by atoms with Crippen LogP contribution in [-0.2, 0) is 0 Å². The second-order valence-corrected chi connectivity index (χ2v) is 5.32. The van der Waals surface area contributed by atoms with E-state index in [0.29, 0.717) is 5.02 Å². The van der Waals surface area contributed by atoms with Gasteiger partial charge in [-0.25, -0.2) is 4.98 Å². The Bertz CT molecular complexity index is 749. The topological polar surface area (TPSA) is 37.9 Å². The minimum Gasteiger partial charge on any atom is -0.491 e. The van der Waals surface area contributed by atoms with E-state index in [1.165, 1.54) is 0 Å². The molecule has 0 fully saturated rings. The molecule has 2 aromatic carbocycles. The number of nitrogens with one attached hydrogen (secondary N) is 1. The zero-order valence-corrected chi connectivity index (χ0v) is 12.1. The molecule has 3 nitrogen and oxygen atoms in total. The summed E-state index contributed by atoms with van der Waals surface area (Å²) in [5.41, 5.74) is 2.71. The number of benzene rings is 2. The number of fused-ring (bicyclic) bond motifs is 1. The van der Waals surface area contributed by atoms with Crippen molar-refractivity contribution in [2.24, 2.45) is 0 Å². The van der Waals surface area contributed by atoms with Gasteiger partial charge < -0.3 is 9.72 Å². The third-order valence-corrected chi connectivity index (χ3v) is 3.25. The molecule has 0 aliphatic rings. The molecular weight excluding hydrogens is 272 g/mol. The van der Waals surface area contributed by atoms with E-state index in [4.69, 9.17) is 16.3 Å². The van der Waals surface area contributed by atoms with E-state index in [-0.39, 0.29) is 6.10 Å². The highest BCUT2D eigenvalue weighted by Crippen LogP contribution is 2.27. The lowest BCUT2D eigenvalue weighted by atomic mass is 10.2. The Labute approximate surface area is 122 Å². The number of aromatic nitrogens is 2. The third-order valence-electron chi connectivity index (χ3n) is 2.94. The van der Waals surface area contributed by atoms with Crippen LogP contribution < -0.4 is 4.74 Å². The normalized spacial score (nSPS) is 11.2. The van der Waals surface area contributed by atoms with Gasteiger partial charge in [0.25, 0.3) is 0 Å². The molecule has 3 rings (SSSR count). The van der Waals surface area contributed by atoms with E-state index in [1.807, 2.05) is 56.3 Å². The molecule has 0 aliphatic carbocycles. The van der Waals surface area contributed by atoms with Gasteiger partial charge in [-0.2, -0.15) is 0 Å². The van der Waals surface area contributed by atoms with Crippen LogP contribution in [0.1, 0.15) is 13.8 Å². The number of nitrogens with zero attached hydrogens (tertiary/aromatic N) is 1. The zero-order chi connectivity index (χ0) is 14.1. The Balaban J connectivity index is 2.04. The molecule has 0 saturated heterocycles. The first-order chi connectivity index (χ1) is 9.63. The average molecular weight is 287 g/mol. The van der Waals surface area contributed by atoms with Gasteiger partial charge in [-0.05, 0) is 38.1 Å². The highest BCUT2D eigenvalue weighted by molar-refractivity contribution is 6.34. The van der Waals surface area contributed by atoms with Gasteiger partial charge in [-0.1, -0.05) is 29.8 Å². The molecular formula is C16H15ClN2O. The maximum Gasteiger partial charge on any atom is 0.138 e. The summed E-state index contributed by atoms with van der Waals surface area (Å²) < 4.78 is 5.71. The number of para-hydroxylation sites is 1. The monoisotopic (exact) mass is 286 g/mol. The van der Waals surface area contributed by atoms with Gasteiger partial charge >= 0.3 is 0 Å². The summed E-state index contributed by atoms with van der Waals surface area (Å²) in [6, 6.07) is 13.6. The van der Waals surface area contributed by atoms with Crippen molar-refractivity contribution in [2.75, 3.05) is 0 Å². The number of halogens is 1. The van der Waals surface area contributed by atoms with Crippen LogP contribution in [-0.4, -0.2) is 16.1 Å². The lowest BCUT2D eigenvalue weighted by Gasteiger charge is -2.10. The van der Waals surface area contributed by atoms with Crippen molar-refractivity contribution >= 4 is 22.6 Å². The lowest BCUT2D eigenvalue weighted by molar-refractivity contribution is 0.242. The van der Waals surface area contributed by atoms with Crippen LogP contribution in [0.5, 0.6) is 5.75 Å². The number of aromatic amines is 1. The second-order valence-electron chi connectivity index (χ2n) is 4.92. The van der Waals surface area contributed by atoms with Crippen LogP contribution in [0.4, 0.5) is 0 Å². The van der Waals surface area contributed by atoms with E-state index in [2.05, 4.69) is 9.97 Å². The van der Waals surface area contributed by atoms with Crippen molar-refractivity contribution in [1.29, 1.82) is 0 Å². The highest BCUT2D eigenvalue weighted by Gasteiger charge is 2.08. The highest BCUT2D eigenvalue weighted by atomic mass is 35.5. The Morgan fingerprint density at radius 2 is 1.95 bits per heavy atom. The van der Waals surface area contributed by atoms with E-state index >= 15 is 0 Å². The lowest BCUT2D eigenvalue weighted by Crippen LogP contribution is -2.05. The second kappa shape index (κ2) is 5.17. The summed E-state index contributed by atoms with van der Waals surface area (Å²) in [6.07, 6.45) is 0.148. The van der Waals surface area contributed by atoms with Gasteiger partial charge in [0.2, 0.25) is 0 Å². The Kier molecular flexibility index (Phi) is 3.36. The molecule has 102 valence electrons. The molecule has 0 radical (unpaired) electrons. The van der Waals surface area contributed by atoms with E-state index < -0.39 is 0 Å². The standard InChI is InChI=1S/C16H15ClN2O/c1-10(2)20-12-6-3-5-11(9-12)16-18-14-8-4-7-13(17)15(14)19-16/h3-10H,1-2H3,(H,18,19). The van der Waals surface area contributed by atoms with Crippen molar-refractivity contribution in [2.45, 2.75) is 20.0 Å². The molecule has 1 heterocycles. The number of hydrogen-bond acceptors (Lipinski definition) is 2. The van der Waals surface area contributed by atoms with E-state index in [0.717, 1.165) is 28.2 Å². The molecule has 0 spiro atoms. The van der Waals surface area contributed by atoms with Gasteiger partial charge in [0.1, 0.15) is 17.1 Å². The molecule has 3 aromatic rings. The van der Waals surface area contributed by atoms with Crippen molar-refractivity contribution in [3.05, 3.63) is 47.5 Å². The Morgan fingerprint density at radius 3 is 2.70 bits per heavy atom. The minimum absolute atomic E-state index is 0.148. The van der Waals surface area contributed by atoms with Crippen molar-refractivity contribution in [1.82, 2.24) is 9.97 Å². The molecule has 0 aliphatic heterocycles. The van der Waals surface area contributed by atoms with Crippen LogP contribution in [0.2, 0.25) is 5.02 Å². The molecule has 0 unspecified atom stereocenters. The number of H-pyrrole nitrogens is 1. The summed E-state index contributed by atoms with van der Waals surface area (Å²) in [6.45, 7) is 4.02. The van der Waals surface area contributed by atoms with Gasteiger partial charge in [0.05, 0.1) is 16.6 Å². The largest absolute Gasteiger partial charge is 0.491 e. The summed E-state index contributed by atoms with van der Waals surface area (Å²) in [5, 5.41) is 0.652. The van der Waals surface area contributed by atoms with E-state index in [9.17, 15) is 0 Å². The first-order valence-electron chi connectivity index (χ1n) is 6.55. The molecule has 0 amide bonds. The maximum atomic E-state index is 6.15. The molecule has 0 saturated carbocycles. The first kappa shape index (κ1) is 13.0. The molecule has 0 atom stereocenters. The van der Waals surface area contributed by atoms with Gasteiger partial charge in [-0.3, -0.25) is 0 Å². The fourth-order valence-electron chi connectivity index (χ4n) is 2.12. The zero-order valence-electron chi connectivity index (χ0n) is 11.4. The predicted octanol–water partition coefficient (Wildman–Crippen LogP) is 4.67. The van der Waals surface area contributed by atoms with Crippen LogP contribution in [0.25, 0.3) is 22.4 Å². The minimum atomic E-state index is 0.148. The molecule has 20 heavy (non-hydrogen) atoms. The SMILES string of the molecule is CC(C)Oc1cccc(-c2nc3c(Cl)cccc3[nH]2)c1. The smallest absolute Gasteiger partial charge is 0.138 e.